The van der Waals surface area contributed by atoms with Gasteiger partial charge >= 0.3 is 5.97 Å². The Labute approximate surface area is 212 Å². The number of carbonyl (C=O) groups is 2. The van der Waals surface area contributed by atoms with Crippen molar-refractivity contribution in [3.05, 3.63) is 11.8 Å². The summed E-state index contributed by atoms with van der Waals surface area (Å²) in [6, 6.07) is -0.620. The minimum absolute atomic E-state index is 0.0368. The zero-order chi connectivity index (χ0) is 24.7. The van der Waals surface area contributed by atoms with Crippen LogP contribution in [-0.4, -0.2) is 82.3 Å². The van der Waals surface area contributed by atoms with E-state index in [1.165, 1.54) is 38.5 Å². The number of nitrogens with two attached hydrogens (primary N) is 1. The topological polar surface area (TPSA) is 96.1 Å². The molecule has 0 aromatic carbocycles. The Bertz CT molecular complexity index is 959. The van der Waals surface area contributed by atoms with Crippen LogP contribution in [0.5, 0.6) is 0 Å². The van der Waals surface area contributed by atoms with Gasteiger partial charge in [-0.2, -0.15) is 0 Å². The first-order valence-corrected chi connectivity index (χ1v) is 14.5. The molecule has 0 radical (unpaired) electrons. The Balaban J connectivity index is 1.25. The highest BCUT2D eigenvalue weighted by Gasteiger charge is 2.61. The predicted octanol–water partition coefficient (Wildman–Crippen LogP) is 2.73. The van der Waals surface area contributed by atoms with Gasteiger partial charge in [-0.25, -0.2) is 9.18 Å². The van der Waals surface area contributed by atoms with Gasteiger partial charge in [0.1, 0.15) is 11.7 Å². The molecule has 2 saturated heterocycles. The Morgan fingerprint density at radius 1 is 1.03 bits per heavy atom. The number of fused-ring (bicyclic) bond motifs is 5. The summed E-state index contributed by atoms with van der Waals surface area (Å²) in [5, 5.41) is 9.87. The van der Waals surface area contributed by atoms with Gasteiger partial charge in [0.25, 0.3) is 0 Å². The number of Topliss-reactive ketones (excluding diaryl/α,β-unsaturated/α-hetero) is 1. The SMILES string of the molecule is NC1CCN(C2C(F)CC3C(=O)C(C(=O)O)=CN4C5CC6CCC7CCCCC7C6CC5OC2C34)C1. The van der Waals surface area contributed by atoms with Gasteiger partial charge in [0.2, 0.25) is 0 Å². The molecule has 3 aliphatic heterocycles. The number of aliphatic carboxylic acids is 1. The van der Waals surface area contributed by atoms with Gasteiger partial charge in [-0.3, -0.25) is 9.69 Å². The average Bonchev–Trinajstić information content (AvgIpc) is 3.29. The highest BCUT2D eigenvalue weighted by molar-refractivity contribution is 6.18. The van der Waals surface area contributed by atoms with E-state index >= 15 is 4.39 Å². The number of morpholine rings is 1. The number of carboxylic acid groups (broad SMARTS) is 1. The summed E-state index contributed by atoms with van der Waals surface area (Å²) in [5.41, 5.74) is 6.03. The molecule has 3 heterocycles. The molecule has 6 fully saturated rings. The van der Waals surface area contributed by atoms with Crippen molar-refractivity contribution in [3.8, 4) is 0 Å². The smallest absolute Gasteiger partial charge is 0.340 e. The molecule has 7 nitrogen and oxygen atoms in total. The lowest BCUT2D eigenvalue weighted by Crippen LogP contribution is -2.73. The molecule has 12 unspecified atom stereocenters. The fourth-order valence-electron chi connectivity index (χ4n) is 9.82. The summed E-state index contributed by atoms with van der Waals surface area (Å²) in [4.78, 5) is 29.7. The molecule has 198 valence electrons. The molecule has 0 spiro atoms. The van der Waals surface area contributed by atoms with E-state index in [1.54, 1.807) is 6.20 Å². The number of rotatable bonds is 2. The third-order valence-electron chi connectivity index (χ3n) is 11.3. The molecule has 7 aliphatic rings. The van der Waals surface area contributed by atoms with Gasteiger partial charge in [0.15, 0.2) is 5.78 Å². The number of hydrogen-bond donors (Lipinski definition) is 2. The second-order valence-corrected chi connectivity index (χ2v) is 12.9. The fourth-order valence-corrected chi connectivity index (χ4v) is 9.82. The lowest BCUT2D eigenvalue weighted by molar-refractivity contribution is -0.224. The maximum Gasteiger partial charge on any atom is 0.340 e. The van der Waals surface area contributed by atoms with Crippen LogP contribution >= 0.6 is 0 Å². The molecule has 3 N–H and O–H groups in total. The van der Waals surface area contributed by atoms with Crippen LogP contribution in [0.15, 0.2) is 11.8 Å². The monoisotopic (exact) mass is 501 g/mol. The summed E-state index contributed by atoms with van der Waals surface area (Å²) in [6.45, 7) is 1.39. The van der Waals surface area contributed by atoms with Crippen molar-refractivity contribution in [3.63, 3.8) is 0 Å². The molecule has 4 aliphatic carbocycles. The number of ether oxygens (including phenoxy) is 1. The van der Waals surface area contributed by atoms with E-state index in [4.69, 9.17) is 10.5 Å². The zero-order valence-electron chi connectivity index (χ0n) is 21.0. The third kappa shape index (κ3) is 3.53. The van der Waals surface area contributed by atoms with E-state index in [-0.39, 0.29) is 36.2 Å². The van der Waals surface area contributed by atoms with Crippen LogP contribution in [0.2, 0.25) is 0 Å². The minimum Gasteiger partial charge on any atom is -0.478 e. The normalized spacial score (nSPS) is 50.4. The Morgan fingerprint density at radius 2 is 1.83 bits per heavy atom. The highest BCUT2D eigenvalue weighted by Crippen LogP contribution is 2.55. The number of halogens is 1. The van der Waals surface area contributed by atoms with Crippen molar-refractivity contribution in [2.75, 3.05) is 13.1 Å². The largest absolute Gasteiger partial charge is 0.478 e. The number of nitrogens with zero attached hydrogens (tertiary/aromatic N) is 2. The van der Waals surface area contributed by atoms with Crippen LogP contribution in [0, 0.1) is 29.6 Å². The zero-order valence-corrected chi connectivity index (χ0v) is 21.0. The molecular weight excluding hydrogens is 461 g/mol. The van der Waals surface area contributed by atoms with Crippen LogP contribution < -0.4 is 5.73 Å². The van der Waals surface area contributed by atoms with Gasteiger partial charge in [0, 0.05) is 31.2 Å². The Kier molecular flexibility index (Phi) is 5.75. The second-order valence-electron chi connectivity index (χ2n) is 12.9. The maximum absolute atomic E-state index is 15.9. The van der Waals surface area contributed by atoms with Gasteiger partial charge in [0.05, 0.1) is 30.3 Å². The van der Waals surface area contributed by atoms with Crippen molar-refractivity contribution in [1.29, 1.82) is 0 Å². The molecular formula is C28H40FN3O4. The van der Waals surface area contributed by atoms with E-state index in [9.17, 15) is 14.7 Å². The lowest BCUT2D eigenvalue weighted by Gasteiger charge is -2.62. The lowest BCUT2D eigenvalue weighted by atomic mass is 9.56. The first-order valence-electron chi connectivity index (χ1n) is 14.5. The molecule has 36 heavy (non-hydrogen) atoms. The van der Waals surface area contributed by atoms with E-state index in [2.05, 4.69) is 9.80 Å². The van der Waals surface area contributed by atoms with Crippen LogP contribution in [0.1, 0.15) is 64.2 Å². The van der Waals surface area contributed by atoms with E-state index in [0.717, 1.165) is 37.6 Å². The molecule has 12 atom stereocenters. The van der Waals surface area contributed by atoms with Crippen LogP contribution in [0.4, 0.5) is 4.39 Å². The van der Waals surface area contributed by atoms with Crippen molar-refractivity contribution in [2.24, 2.45) is 35.3 Å². The number of carboxylic acids is 1. The van der Waals surface area contributed by atoms with Crippen LogP contribution in [0.25, 0.3) is 0 Å². The number of alkyl halides is 1. The van der Waals surface area contributed by atoms with E-state index < -0.39 is 36.0 Å². The number of hydrogen-bond acceptors (Lipinski definition) is 6. The average molecular weight is 502 g/mol. The molecule has 8 heteroatoms. The predicted molar refractivity (Wildman–Crippen MR) is 131 cm³/mol. The second kappa shape index (κ2) is 8.77. The number of ketones is 1. The molecule has 0 bridgehead atoms. The number of likely N-dealkylation sites (tertiary alicyclic amines) is 1. The minimum atomic E-state index is -1.23. The summed E-state index contributed by atoms with van der Waals surface area (Å²) in [5.74, 6) is 0.606. The van der Waals surface area contributed by atoms with Gasteiger partial charge in [-0.05, 0) is 68.6 Å². The van der Waals surface area contributed by atoms with Gasteiger partial charge < -0.3 is 20.5 Å². The molecule has 0 amide bonds. The molecule has 0 aromatic rings. The summed E-state index contributed by atoms with van der Waals surface area (Å²) in [7, 11) is 0. The first-order chi connectivity index (χ1) is 17.4. The highest BCUT2D eigenvalue weighted by atomic mass is 19.1. The molecule has 4 saturated carbocycles. The summed E-state index contributed by atoms with van der Waals surface area (Å²) >= 11 is 0. The van der Waals surface area contributed by atoms with E-state index in [1.807, 2.05) is 0 Å². The quantitative estimate of drug-likeness (QED) is 0.562. The van der Waals surface area contributed by atoms with Crippen molar-refractivity contribution in [2.45, 2.75) is 107 Å². The Morgan fingerprint density at radius 3 is 2.61 bits per heavy atom. The first kappa shape index (κ1) is 23.6. The van der Waals surface area contributed by atoms with Gasteiger partial charge in [-0.15, -0.1) is 0 Å². The standard InChI is InChI=1S/C28H40FN3O4/c29-21-10-19-24-27(25(21)31-8-7-16(30)12-31)36-23-11-18-15(6-5-14-3-1-2-4-17(14)18)9-22(23)32(24)13-20(26(19)33)28(34)35/h13-19,21-25,27H,1-12,30H2,(H,34,35). The Hall–Kier alpha value is -1.51. The van der Waals surface area contributed by atoms with Crippen LogP contribution in [0.3, 0.4) is 0 Å². The molecule has 0 aromatic heterocycles. The molecule has 7 rings (SSSR count). The fraction of sp³-hybridized carbons (Fsp3) is 0.857. The van der Waals surface area contributed by atoms with Crippen molar-refractivity contribution < 1.29 is 23.8 Å². The summed E-state index contributed by atoms with van der Waals surface area (Å²) in [6.07, 6.45) is 10.7. The maximum atomic E-state index is 15.9. The van der Waals surface area contributed by atoms with Crippen molar-refractivity contribution in [1.82, 2.24) is 9.80 Å². The van der Waals surface area contributed by atoms with Crippen molar-refractivity contribution >= 4 is 11.8 Å². The van der Waals surface area contributed by atoms with Crippen LogP contribution in [-0.2, 0) is 14.3 Å². The number of carbonyl (C=O) groups excluding carboxylic acids is 1. The summed E-state index contributed by atoms with van der Waals surface area (Å²) < 4.78 is 22.8. The van der Waals surface area contributed by atoms with E-state index in [0.29, 0.717) is 18.4 Å². The third-order valence-corrected chi connectivity index (χ3v) is 11.3. The van der Waals surface area contributed by atoms with Gasteiger partial charge in [-0.1, -0.05) is 19.3 Å².